The topological polar surface area (TPSA) is 78.9 Å². The van der Waals surface area contributed by atoms with Gasteiger partial charge in [-0.25, -0.2) is 0 Å². The minimum atomic E-state index is -0.790. The summed E-state index contributed by atoms with van der Waals surface area (Å²) in [6.45, 7) is 6.41. The van der Waals surface area contributed by atoms with E-state index in [-0.39, 0.29) is 37.5 Å². The average molecular weight is 933 g/mol. The standard InChI is InChI=1S/C61H104O6/c1-4-7-10-13-15-17-19-21-23-25-27-28-29-30-31-32-34-35-37-39-41-43-45-48-51-54-60(63)66-57-58(56-65-59(62)53-50-47-12-9-6-3)67-61(64)55-52-49-46-44-42-40-38-36-33-26-24-22-20-18-16-14-11-8-5-2/h8,11,16,18-19,21-22,24-25,27,33,36,40,42,58H,4-7,9-10,12-15,17,20,23,26,28-32,34-35,37-39,41,43-57H2,1-3H3/b11-8-,18-16-,21-19-,24-22-,27-25-,36-33-,42-40-. The van der Waals surface area contributed by atoms with Crippen molar-refractivity contribution in [2.45, 2.75) is 271 Å². The molecule has 1 atom stereocenters. The van der Waals surface area contributed by atoms with E-state index in [1.54, 1.807) is 0 Å². The highest BCUT2D eigenvalue weighted by molar-refractivity contribution is 5.71. The lowest BCUT2D eigenvalue weighted by atomic mass is 10.0. The molecule has 6 nitrogen and oxygen atoms in total. The summed E-state index contributed by atoms with van der Waals surface area (Å²) < 4.78 is 16.7. The van der Waals surface area contributed by atoms with Crippen molar-refractivity contribution in [2.24, 2.45) is 0 Å². The molecule has 0 saturated heterocycles. The van der Waals surface area contributed by atoms with Crippen molar-refractivity contribution >= 4 is 17.9 Å². The van der Waals surface area contributed by atoms with Crippen LogP contribution in [0.25, 0.3) is 0 Å². The summed E-state index contributed by atoms with van der Waals surface area (Å²) in [5, 5.41) is 0. The zero-order chi connectivity index (χ0) is 48.6. The Balaban J connectivity index is 4.14. The Morgan fingerprint density at radius 3 is 0.925 bits per heavy atom. The van der Waals surface area contributed by atoms with Crippen molar-refractivity contribution in [3.05, 3.63) is 85.1 Å². The number of rotatable bonds is 50. The largest absolute Gasteiger partial charge is 0.462 e. The minimum Gasteiger partial charge on any atom is -0.462 e. The van der Waals surface area contributed by atoms with Gasteiger partial charge in [-0.15, -0.1) is 0 Å². The molecule has 0 amide bonds. The van der Waals surface area contributed by atoms with Crippen LogP contribution >= 0.6 is 0 Å². The van der Waals surface area contributed by atoms with Gasteiger partial charge in [0.25, 0.3) is 0 Å². The maximum absolute atomic E-state index is 12.8. The van der Waals surface area contributed by atoms with Gasteiger partial charge in [-0.3, -0.25) is 14.4 Å². The summed E-state index contributed by atoms with van der Waals surface area (Å²) in [5.41, 5.74) is 0. The van der Waals surface area contributed by atoms with Gasteiger partial charge in [-0.05, 0) is 96.3 Å². The lowest BCUT2D eigenvalue weighted by Crippen LogP contribution is -2.30. The summed E-state index contributed by atoms with van der Waals surface area (Å²) in [6, 6.07) is 0. The van der Waals surface area contributed by atoms with E-state index in [2.05, 4.69) is 106 Å². The molecule has 0 radical (unpaired) electrons. The molecule has 384 valence electrons. The van der Waals surface area contributed by atoms with E-state index in [0.29, 0.717) is 12.8 Å². The van der Waals surface area contributed by atoms with Gasteiger partial charge in [0.15, 0.2) is 6.10 Å². The van der Waals surface area contributed by atoms with Crippen LogP contribution < -0.4 is 0 Å². The van der Waals surface area contributed by atoms with E-state index in [1.165, 1.54) is 116 Å². The molecule has 0 rings (SSSR count). The second kappa shape index (κ2) is 55.2. The molecule has 0 fully saturated rings. The fourth-order valence-electron chi connectivity index (χ4n) is 7.68. The van der Waals surface area contributed by atoms with Crippen LogP contribution in [-0.4, -0.2) is 37.2 Å². The molecule has 0 bridgehead atoms. The number of hydrogen-bond acceptors (Lipinski definition) is 6. The van der Waals surface area contributed by atoms with E-state index in [1.807, 2.05) is 0 Å². The van der Waals surface area contributed by atoms with E-state index in [9.17, 15) is 14.4 Å². The van der Waals surface area contributed by atoms with Gasteiger partial charge in [-0.1, -0.05) is 234 Å². The minimum absolute atomic E-state index is 0.0901. The van der Waals surface area contributed by atoms with Crippen molar-refractivity contribution in [1.82, 2.24) is 0 Å². The van der Waals surface area contributed by atoms with Crippen LogP contribution in [0.5, 0.6) is 0 Å². The predicted octanol–water partition coefficient (Wildman–Crippen LogP) is 18.8. The van der Waals surface area contributed by atoms with Crippen LogP contribution in [0.4, 0.5) is 0 Å². The van der Waals surface area contributed by atoms with Gasteiger partial charge in [0.05, 0.1) is 0 Å². The zero-order valence-electron chi connectivity index (χ0n) is 43.9. The number of esters is 3. The van der Waals surface area contributed by atoms with E-state index < -0.39 is 6.10 Å². The Bertz CT molecular complexity index is 1300. The first-order chi connectivity index (χ1) is 33.0. The van der Waals surface area contributed by atoms with Gasteiger partial charge in [-0.2, -0.15) is 0 Å². The van der Waals surface area contributed by atoms with Crippen molar-refractivity contribution in [1.29, 1.82) is 0 Å². The number of carbonyl (C=O) groups is 3. The molecule has 1 unspecified atom stereocenters. The third kappa shape index (κ3) is 53.4. The molecule has 0 aromatic rings. The maximum atomic E-state index is 12.8. The fourth-order valence-corrected chi connectivity index (χ4v) is 7.68. The number of unbranched alkanes of at least 4 members (excludes halogenated alkanes) is 25. The van der Waals surface area contributed by atoms with Gasteiger partial charge in [0.1, 0.15) is 13.2 Å². The molecule has 0 heterocycles. The SMILES string of the molecule is CC/C=C\C/C=C\C/C=C\C/C=C\C/C=C\CCCCCC(=O)OC(COC(=O)CCCCCCC)COC(=O)CCCCCCCCCCCCCCC/C=C\C/C=C\CCCCCCC. The molecule has 6 heteroatoms. The van der Waals surface area contributed by atoms with Gasteiger partial charge in [0.2, 0.25) is 0 Å². The zero-order valence-corrected chi connectivity index (χ0v) is 43.9. The first kappa shape index (κ1) is 63.6. The quantitative estimate of drug-likeness (QED) is 0.0262. The molecule has 0 saturated carbocycles. The molecular weight excluding hydrogens is 829 g/mol. The third-order valence-electron chi connectivity index (χ3n) is 11.9. The molecule has 0 aromatic heterocycles. The van der Waals surface area contributed by atoms with Crippen LogP contribution in [0, 0.1) is 0 Å². The van der Waals surface area contributed by atoms with Gasteiger partial charge < -0.3 is 14.2 Å². The molecule has 0 spiro atoms. The molecule has 0 aliphatic heterocycles. The Kier molecular flexibility index (Phi) is 52.4. The Morgan fingerprint density at radius 2 is 0.582 bits per heavy atom. The summed E-state index contributed by atoms with van der Waals surface area (Å²) in [7, 11) is 0. The normalized spacial score (nSPS) is 12.7. The average Bonchev–Trinajstić information content (AvgIpc) is 3.33. The van der Waals surface area contributed by atoms with Crippen LogP contribution in [-0.2, 0) is 28.6 Å². The molecule has 0 aliphatic rings. The Morgan fingerprint density at radius 1 is 0.313 bits per heavy atom. The number of allylic oxidation sites excluding steroid dienone is 14. The first-order valence-corrected chi connectivity index (χ1v) is 28.1. The second-order valence-corrected chi connectivity index (χ2v) is 18.5. The highest BCUT2D eigenvalue weighted by Gasteiger charge is 2.19. The lowest BCUT2D eigenvalue weighted by Gasteiger charge is -2.18. The van der Waals surface area contributed by atoms with Crippen LogP contribution in [0.15, 0.2) is 85.1 Å². The van der Waals surface area contributed by atoms with Crippen LogP contribution in [0.2, 0.25) is 0 Å². The van der Waals surface area contributed by atoms with Gasteiger partial charge >= 0.3 is 17.9 Å². The number of carbonyl (C=O) groups excluding carboxylic acids is 3. The van der Waals surface area contributed by atoms with Crippen molar-refractivity contribution in [2.75, 3.05) is 13.2 Å². The smallest absolute Gasteiger partial charge is 0.306 e. The number of ether oxygens (including phenoxy) is 3. The molecular formula is C61H104O6. The molecule has 0 N–H and O–H groups in total. The second-order valence-electron chi connectivity index (χ2n) is 18.5. The van der Waals surface area contributed by atoms with Crippen molar-refractivity contribution in [3.8, 4) is 0 Å². The Hall–Kier alpha value is -3.41. The highest BCUT2D eigenvalue weighted by atomic mass is 16.6. The van der Waals surface area contributed by atoms with E-state index in [0.717, 1.165) is 109 Å². The summed E-state index contributed by atoms with van der Waals surface area (Å²) in [5.74, 6) is -0.935. The molecule has 0 aromatic carbocycles. The van der Waals surface area contributed by atoms with Crippen LogP contribution in [0.1, 0.15) is 265 Å². The summed E-state index contributed by atoms with van der Waals surface area (Å²) in [4.78, 5) is 37.8. The first-order valence-electron chi connectivity index (χ1n) is 28.1. The third-order valence-corrected chi connectivity index (χ3v) is 11.9. The number of hydrogen-bond donors (Lipinski definition) is 0. The molecule has 0 aliphatic carbocycles. The predicted molar refractivity (Wildman–Crippen MR) is 288 cm³/mol. The highest BCUT2D eigenvalue weighted by Crippen LogP contribution is 2.15. The van der Waals surface area contributed by atoms with E-state index in [4.69, 9.17) is 14.2 Å². The summed E-state index contributed by atoms with van der Waals surface area (Å²) in [6.07, 6.45) is 71.9. The lowest BCUT2D eigenvalue weighted by molar-refractivity contribution is -0.167. The maximum Gasteiger partial charge on any atom is 0.306 e. The van der Waals surface area contributed by atoms with E-state index >= 15 is 0 Å². The molecule has 67 heavy (non-hydrogen) atoms. The van der Waals surface area contributed by atoms with Crippen molar-refractivity contribution in [3.63, 3.8) is 0 Å². The Labute approximate surface area is 414 Å². The van der Waals surface area contributed by atoms with Crippen LogP contribution in [0.3, 0.4) is 0 Å². The van der Waals surface area contributed by atoms with Crippen molar-refractivity contribution < 1.29 is 28.6 Å². The van der Waals surface area contributed by atoms with Gasteiger partial charge in [0, 0.05) is 19.3 Å². The fraction of sp³-hybridized carbons (Fsp3) is 0.721. The summed E-state index contributed by atoms with van der Waals surface area (Å²) >= 11 is 0. The monoisotopic (exact) mass is 933 g/mol.